The summed E-state index contributed by atoms with van der Waals surface area (Å²) in [6.45, 7) is 0.403. The van der Waals surface area contributed by atoms with Crippen LogP contribution in [0.15, 0.2) is 36.4 Å². The van der Waals surface area contributed by atoms with Crippen molar-refractivity contribution < 1.29 is 14.3 Å². The normalized spacial score (nSPS) is 12.2. The van der Waals surface area contributed by atoms with Crippen LogP contribution in [0.1, 0.15) is 36.0 Å². The van der Waals surface area contributed by atoms with Gasteiger partial charge in [-0.25, -0.2) is 0 Å². The molecule has 0 atom stereocenters. The molecule has 1 amide bonds. The van der Waals surface area contributed by atoms with Crippen molar-refractivity contribution in [1.29, 1.82) is 5.26 Å². The second kappa shape index (κ2) is 8.39. The minimum Gasteiger partial charge on any atom is -0.493 e. The Bertz CT molecular complexity index is 840. The zero-order valence-electron chi connectivity index (χ0n) is 14.9. The minimum atomic E-state index is -0.0154. The molecule has 3 rings (SSSR count). The summed E-state index contributed by atoms with van der Waals surface area (Å²) in [6.07, 6.45) is 4.41. The Morgan fingerprint density at radius 3 is 2.81 bits per heavy atom. The molecule has 0 saturated heterocycles. The molecule has 0 fully saturated rings. The zero-order chi connectivity index (χ0) is 18.4. The van der Waals surface area contributed by atoms with Gasteiger partial charge in [0.05, 0.1) is 25.3 Å². The van der Waals surface area contributed by atoms with Crippen LogP contribution in [0.2, 0.25) is 0 Å². The summed E-state index contributed by atoms with van der Waals surface area (Å²) < 4.78 is 10.9. The number of aryl methyl sites for hydroxylation is 2. The zero-order valence-corrected chi connectivity index (χ0v) is 14.9. The molecule has 5 nitrogen and oxygen atoms in total. The number of anilines is 1. The third kappa shape index (κ3) is 4.34. The fraction of sp³-hybridized carbons (Fsp3) is 0.333. The monoisotopic (exact) mass is 350 g/mol. The van der Waals surface area contributed by atoms with Crippen LogP contribution in [0.25, 0.3) is 0 Å². The van der Waals surface area contributed by atoms with Crippen molar-refractivity contribution in [3.05, 3.63) is 53.1 Å². The van der Waals surface area contributed by atoms with Crippen LogP contribution >= 0.6 is 0 Å². The molecule has 134 valence electrons. The lowest BCUT2D eigenvalue weighted by Gasteiger charge is -2.11. The molecule has 0 aliphatic heterocycles. The summed E-state index contributed by atoms with van der Waals surface area (Å²) in [4.78, 5) is 12.1. The van der Waals surface area contributed by atoms with Gasteiger partial charge in [-0.3, -0.25) is 4.79 Å². The van der Waals surface area contributed by atoms with Crippen molar-refractivity contribution in [2.24, 2.45) is 0 Å². The molecule has 1 aliphatic carbocycles. The number of carbonyl (C=O) groups excluding carboxylic acids is 1. The number of rotatable bonds is 7. The summed E-state index contributed by atoms with van der Waals surface area (Å²) in [5.41, 5.74) is 4.13. The van der Waals surface area contributed by atoms with Gasteiger partial charge < -0.3 is 14.8 Å². The Morgan fingerprint density at radius 1 is 1.15 bits per heavy atom. The first-order valence-electron chi connectivity index (χ1n) is 8.82. The second-order valence-electron chi connectivity index (χ2n) is 6.31. The molecule has 0 radical (unpaired) electrons. The van der Waals surface area contributed by atoms with Gasteiger partial charge in [0.25, 0.3) is 0 Å². The van der Waals surface area contributed by atoms with E-state index in [1.54, 1.807) is 18.2 Å². The Kier molecular flexibility index (Phi) is 5.75. The average Bonchev–Trinajstić information content (AvgIpc) is 3.13. The van der Waals surface area contributed by atoms with E-state index in [0.717, 1.165) is 18.5 Å². The van der Waals surface area contributed by atoms with Crippen molar-refractivity contribution in [3.8, 4) is 17.6 Å². The van der Waals surface area contributed by atoms with E-state index in [4.69, 9.17) is 14.7 Å². The molecule has 0 saturated carbocycles. The summed E-state index contributed by atoms with van der Waals surface area (Å²) in [7, 11) is 1.54. The van der Waals surface area contributed by atoms with Gasteiger partial charge in [-0.1, -0.05) is 6.07 Å². The fourth-order valence-electron chi connectivity index (χ4n) is 3.14. The van der Waals surface area contributed by atoms with Crippen LogP contribution in [-0.4, -0.2) is 19.6 Å². The topological polar surface area (TPSA) is 71.3 Å². The number of benzene rings is 2. The summed E-state index contributed by atoms with van der Waals surface area (Å²) >= 11 is 0. The van der Waals surface area contributed by atoms with Gasteiger partial charge in [-0.15, -0.1) is 0 Å². The van der Waals surface area contributed by atoms with E-state index >= 15 is 0 Å². The molecule has 0 heterocycles. The maximum atomic E-state index is 12.1. The predicted octanol–water partition coefficient (Wildman–Crippen LogP) is 3.85. The van der Waals surface area contributed by atoms with Crippen molar-refractivity contribution in [3.63, 3.8) is 0 Å². The lowest BCUT2D eigenvalue weighted by molar-refractivity contribution is -0.116. The molecule has 0 spiro atoms. The Hall–Kier alpha value is -3.00. The molecular formula is C21H22N2O3. The van der Waals surface area contributed by atoms with Crippen LogP contribution in [0.3, 0.4) is 0 Å². The van der Waals surface area contributed by atoms with E-state index < -0.39 is 0 Å². The van der Waals surface area contributed by atoms with Crippen LogP contribution < -0.4 is 14.8 Å². The number of fused-ring (bicyclic) bond motifs is 1. The highest BCUT2D eigenvalue weighted by Crippen LogP contribution is 2.28. The van der Waals surface area contributed by atoms with Gasteiger partial charge in [0.15, 0.2) is 11.5 Å². The van der Waals surface area contributed by atoms with Crippen molar-refractivity contribution in [1.82, 2.24) is 0 Å². The molecule has 1 N–H and O–H groups in total. The lowest BCUT2D eigenvalue weighted by atomic mass is 10.1. The van der Waals surface area contributed by atoms with Crippen LogP contribution in [0, 0.1) is 11.3 Å². The Labute approximate surface area is 153 Å². The third-order valence-corrected chi connectivity index (χ3v) is 4.48. The molecular weight excluding hydrogens is 328 g/mol. The van der Waals surface area contributed by atoms with Crippen molar-refractivity contribution in [2.75, 3.05) is 19.0 Å². The van der Waals surface area contributed by atoms with Gasteiger partial charge in [0, 0.05) is 18.2 Å². The summed E-state index contributed by atoms with van der Waals surface area (Å²) in [6, 6.07) is 13.2. The SMILES string of the molecule is COc1cc(C#N)ccc1OCCCC(=O)Nc1ccc2c(c1)CCC2. The highest BCUT2D eigenvalue weighted by atomic mass is 16.5. The highest BCUT2D eigenvalue weighted by molar-refractivity contribution is 5.90. The number of hydrogen-bond acceptors (Lipinski definition) is 4. The van der Waals surface area contributed by atoms with Crippen molar-refractivity contribution in [2.45, 2.75) is 32.1 Å². The van der Waals surface area contributed by atoms with Gasteiger partial charge >= 0.3 is 0 Å². The molecule has 0 aromatic heterocycles. The fourth-order valence-corrected chi connectivity index (χ4v) is 3.14. The third-order valence-electron chi connectivity index (χ3n) is 4.48. The summed E-state index contributed by atoms with van der Waals surface area (Å²) in [5.74, 6) is 1.08. The Balaban J connectivity index is 1.45. The molecule has 2 aromatic carbocycles. The van der Waals surface area contributed by atoms with Gasteiger partial charge in [-0.2, -0.15) is 5.26 Å². The average molecular weight is 350 g/mol. The molecule has 26 heavy (non-hydrogen) atoms. The van der Waals surface area contributed by atoms with E-state index in [1.807, 2.05) is 6.07 Å². The lowest BCUT2D eigenvalue weighted by Crippen LogP contribution is -2.13. The number of carbonyl (C=O) groups is 1. The van der Waals surface area contributed by atoms with Crippen LogP contribution in [0.4, 0.5) is 5.69 Å². The molecule has 1 aliphatic rings. The standard InChI is InChI=1S/C21H22N2O3/c1-25-20-12-15(14-22)7-10-19(20)26-11-3-6-21(24)23-18-9-8-16-4-2-5-17(16)13-18/h7-10,12-13H,2-6,11H2,1H3,(H,23,24). The predicted molar refractivity (Wildman–Crippen MR) is 99.5 cm³/mol. The summed E-state index contributed by atoms with van der Waals surface area (Å²) in [5, 5.41) is 11.9. The van der Waals surface area contributed by atoms with Gasteiger partial charge in [0.1, 0.15) is 0 Å². The first-order valence-corrected chi connectivity index (χ1v) is 8.82. The van der Waals surface area contributed by atoms with E-state index in [9.17, 15) is 4.79 Å². The van der Waals surface area contributed by atoms with E-state index in [0.29, 0.717) is 36.5 Å². The number of nitrogens with one attached hydrogen (secondary N) is 1. The molecule has 5 heteroatoms. The molecule has 0 bridgehead atoms. The van der Waals surface area contributed by atoms with Gasteiger partial charge in [0.2, 0.25) is 5.91 Å². The number of methoxy groups -OCH3 is 1. The smallest absolute Gasteiger partial charge is 0.224 e. The largest absolute Gasteiger partial charge is 0.493 e. The first-order chi connectivity index (χ1) is 12.7. The number of amides is 1. The van der Waals surface area contributed by atoms with E-state index in [2.05, 4.69) is 23.5 Å². The first kappa shape index (κ1) is 17.8. The quantitative estimate of drug-likeness (QED) is 0.770. The maximum Gasteiger partial charge on any atom is 0.224 e. The molecule has 0 unspecified atom stereocenters. The van der Waals surface area contributed by atoms with E-state index in [1.165, 1.54) is 24.7 Å². The molecule has 2 aromatic rings. The second-order valence-corrected chi connectivity index (χ2v) is 6.31. The number of ether oxygens (including phenoxy) is 2. The van der Waals surface area contributed by atoms with Crippen molar-refractivity contribution >= 4 is 11.6 Å². The minimum absolute atomic E-state index is 0.0154. The number of hydrogen-bond donors (Lipinski definition) is 1. The van der Waals surface area contributed by atoms with Crippen LogP contribution in [0.5, 0.6) is 11.5 Å². The number of nitriles is 1. The highest BCUT2D eigenvalue weighted by Gasteiger charge is 2.12. The Morgan fingerprint density at radius 2 is 2.00 bits per heavy atom. The maximum absolute atomic E-state index is 12.1. The van der Waals surface area contributed by atoms with Gasteiger partial charge in [-0.05, 0) is 61.1 Å². The van der Waals surface area contributed by atoms with Crippen LogP contribution in [-0.2, 0) is 17.6 Å². The number of nitrogens with zero attached hydrogens (tertiary/aromatic N) is 1. The van der Waals surface area contributed by atoms with E-state index in [-0.39, 0.29) is 5.91 Å².